The fraction of sp³-hybridized carbons (Fsp3) is 0.545. The van der Waals surface area contributed by atoms with Gasteiger partial charge in [-0.05, 0) is 70.2 Å². The van der Waals surface area contributed by atoms with Crippen molar-refractivity contribution in [1.82, 2.24) is 14.7 Å². The number of primary amides is 1. The third-order valence-electron chi connectivity index (χ3n) is 8.52. The molecule has 42 heavy (non-hydrogen) atoms. The van der Waals surface area contributed by atoms with Gasteiger partial charge in [0.1, 0.15) is 24.0 Å². The molecule has 1 aliphatic carbocycles. The van der Waals surface area contributed by atoms with Gasteiger partial charge in [-0.1, -0.05) is 30.3 Å². The molecule has 226 valence electrons. The van der Waals surface area contributed by atoms with Crippen LogP contribution < -0.4 is 10.5 Å². The summed E-state index contributed by atoms with van der Waals surface area (Å²) in [4.78, 5) is 44.5. The number of hydrogen-bond donors (Lipinski definition) is 1. The number of nitrogens with two attached hydrogens (primary N) is 1. The van der Waals surface area contributed by atoms with Crippen molar-refractivity contribution in [3.8, 4) is 5.75 Å². The standard InChI is InChI=1S/C33H44N4O5/c1-22(35-16-18-36(19-17-35)25-12-13-25)24-10-8-23(9-11-24)21-41-29-7-5-6-26-27(29)20-37(32(26)40)28(31(34)39)14-15-30(38)42-33(2,3)4/h5-11,22,25,28H,12-21H2,1-4H3,(H2,34,39). The third-order valence-corrected chi connectivity index (χ3v) is 8.52. The maximum absolute atomic E-state index is 13.3. The average molecular weight is 577 g/mol. The number of hydrogen-bond acceptors (Lipinski definition) is 7. The molecule has 2 N–H and O–H groups in total. The number of esters is 1. The number of benzene rings is 2. The van der Waals surface area contributed by atoms with E-state index >= 15 is 0 Å². The molecule has 1 saturated heterocycles. The Labute approximate surface area is 248 Å². The zero-order chi connectivity index (χ0) is 30.0. The topological polar surface area (TPSA) is 105 Å². The van der Waals surface area contributed by atoms with Gasteiger partial charge in [0.15, 0.2) is 0 Å². The van der Waals surface area contributed by atoms with Crippen LogP contribution in [0.15, 0.2) is 42.5 Å². The van der Waals surface area contributed by atoms with Crippen LogP contribution in [0.5, 0.6) is 5.75 Å². The first-order valence-electron chi connectivity index (χ1n) is 15.1. The van der Waals surface area contributed by atoms with Gasteiger partial charge in [-0.2, -0.15) is 0 Å². The second-order valence-corrected chi connectivity index (χ2v) is 12.8. The molecule has 9 nitrogen and oxygen atoms in total. The van der Waals surface area contributed by atoms with Gasteiger partial charge in [0.2, 0.25) is 5.91 Å². The molecule has 3 aliphatic rings. The van der Waals surface area contributed by atoms with Crippen molar-refractivity contribution in [3.05, 3.63) is 64.7 Å². The lowest BCUT2D eigenvalue weighted by molar-refractivity contribution is -0.155. The molecular formula is C33H44N4O5. The Balaban J connectivity index is 1.18. The first-order valence-corrected chi connectivity index (χ1v) is 15.1. The van der Waals surface area contributed by atoms with E-state index in [9.17, 15) is 14.4 Å². The van der Waals surface area contributed by atoms with Gasteiger partial charge in [0.25, 0.3) is 5.91 Å². The van der Waals surface area contributed by atoms with E-state index in [-0.39, 0.29) is 25.3 Å². The van der Waals surface area contributed by atoms with Crippen molar-refractivity contribution < 1.29 is 23.9 Å². The summed E-state index contributed by atoms with van der Waals surface area (Å²) in [7, 11) is 0. The molecule has 0 aromatic heterocycles. The largest absolute Gasteiger partial charge is 0.489 e. The van der Waals surface area contributed by atoms with Gasteiger partial charge >= 0.3 is 5.97 Å². The molecular weight excluding hydrogens is 532 g/mol. The maximum Gasteiger partial charge on any atom is 0.306 e. The number of nitrogens with zero attached hydrogens (tertiary/aromatic N) is 3. The SMILES string of the molecule is CC(c1ccc(COc2cccc3c2CN(C(CCC(=O)OC(C)(C)C)C(N)=O)C3=O)cc1)N1CCN(C2CC2)CC1. The highest BCUT2D eigenvalue weighted by molar-refractivity contribution is 6.01. The van der Waals surface area contributed by atoms with E-state index in [1.54, 1.807) is 32.9 Å². The molecule has 2 unspecified atom stereocenters. The van der Waals surface area contributed by atoms with Crippen LogP contribution in [0.25, 0.3) is 0 Å². The average Bonchev–Trinajstić information content (AvgIpc) is 3.75. The van der Waals surface area contributed by atoms with Crippen molar-refractivity contribution >= 4 is 17.8 Å². The molecule has 0 bridgehead atoms. The summed E-state index contributed by atoms with van der Waals surface area (Å²) in [5.74, 6) is -0.774. The molecule has 0 radical (unpaired) electrons. The summed E-state index contributed by atoms with van der Waals surface area (Å²) in [5.41, 5.74) is 8.59. The zero-order valence-corrected chi connectivity index (χ0v) is 25.3. The summed E-state index contributed by atoms with van der Waals surface area (Å²) in [5, 5.41) is 0. The first kappa shape index (κ1) is 30.0. The van der Waals surface area contributed by atoms with Crippen molar-refractivity contribution in [3.63, 3.8) is 0 Å². The number of ether oxygens (including phenoxy) is 2. The Kier molecular flexibility index (Phi) is 8.89. The van der Waals surface area contributed by atoms with Crippen LogP contribution in [0, 0.1) is 0 Å². The monoisotopic (exact) mass is 576 g/mol. The minimum absolute atomic E-state index is 0.0142. The smallest absolute Gasteiger partial charge is 0.306 e. The Hall–Kier alpha value is -3.43. The molecule has 2 aromatic carbocycles. The number of carbonyl (C=O) groups is 3. The molecule has 2 atom stereocenters. The van der Waals surface area contributed by atoms with E-state index < -0.39 is 23.5 Å². The van der Waals surface area contributed by atoms with Crippen molar-refractivity contribution in [2.75, 3.05) is 26.2 Å². The second kappa shape index (κ2) is 12.4. The Morgan fingerprint density at radius 1 is 1.02 bits per heavy atom. The molecule has 9 heteroatoms. The van der Waals surface area contributed by atoms with E-state index in [0.717, 1.165) is 43.3 Å². The van der Waals surface area contributed by atoms with Crippen molar-refractivity contribution in [2.45, 2.75) is 90.3 Å². The van der Waals surface area contributed by atoms with Gasteiger partial charge in [0.05, 0.1) is 6.54 Å². The van der Waals surface area contributed by atoms with E-state index in [1.165, 1.54) is 23.3 Å². The van der Waals surface area contributed by atoms with E-state index in [4.69, 9.17) is 15.2 Å². The van der Waals surface area contributed by atoms with Gasteiger partial charge in [-0.15, -0.1) is 0 Å². The molecule has 2 aromatic rings. The number of rotatable bonds is 11. The van der Waals surface area contributed by atoms with Crippen molar-refractivity contribution in [2.24, 2.45) is 5.73 Å². The van der Waals surface area contributed by atoms with Gasteiger partial charge in [-0.25, -0.2) is 0 Å². The Bertz CT molecular complexity index is 1290. The quantitative estimate of drug-likeness (QED) is 0.403. The first-order chi connectivity index (χ1) is 20.0. The molecule has 0 spiro atoms. The minimum atomic E-state index is -0.920. The van der Waals surface area contributed by atoms with Crippen LogP contribution in [-0.2, 0) is 27.5 Å². The fourth-order valence-corrected chi connectivity index (χ4v) is 6.01. The lowest BCUT2D eigenvalue weighted by Crippen LogP contribution is -2.47. The van der Waals surface area contributed by atoms with E-state index in [0.29, 0.717) is 24.0 Å². The third kappa shape index (κ3) is 7.13. The van der Waals surface area contributed by atoms with Gasteiger partial charge in [0, 0.05) is 55.8 Å². The van der Waals surface area contributed by atoms with Crippen LogP contribution in [0.2, 0.25) is 0 Å². The second-order valence-electron chi connectivity index (χ2n) is 12.8. The lowest BCUT2D eigenvalue weighted by Gasteiger charge is -2.38. The summed E-state index contributed by atoms with van der Waals surface area (Å²) in [6.07, 6.45) is 2.81. The summed E-state index contributed by atoms with van der Waals surface area (Å²) >= 11 is 0. The molecule has 5 rings (SSSR count). The van der Waals surface area contributed by atoms with Crippen LogP contribution in [0.1, 0.15) is 86.5 Å². The zero-order valence-electron chi connectivity index (χ0n) is 25.3. The van der Waals surface area contributed by atoms with Crippen LogP contribution in [0.3, 0.4) is 0 Å². The fourth-order valence-electron chi connectivity index (χ4n) is 6.01. The minimum Gasteiger partial charge on any atom is -0.489 e. The summed E-state index contributed by atoms with van der Waals surface area (Å²) in [6, 6.07) is 14.2. The predicted octanol–water partition coefficient (Wildman–Crippen LogP) is 4.04. The summed E-state index contributed by atoms with van der Waals surface area (Å²) in [6.45, 7) is 12.7. The molecule has 2 aliphatic heterocycles. The van der Waals surface area contributed by atoms with E-state index in [2.05, 4.69) is 41.0 Å². The van der Waals surface area contributed by atoms with Gasteiger partial charge < -0.3 is 20.1 Å². The highest BCUT2D eigenvalue weighted by atomic mass is 16.6. The molecule has 1 saturated carbocycles. The Morgan fingerprint density at radius 2 is 1.71 bits per heavy atom. The molecule has 2 heterocycles. The maximum atomic E-state index is 13.3. The van der Waals surface area contributed by atoms with Crippen LogP contribution >= 0.6 is 0 Å². The number of fused-ring (bicyclic) bond motifs is 1. The Morgan fingerprint density at radius 3 is 2.33 bits per heavy atom. The highest BCUT2D eigenvalue weighted by Crippen LogP contribution is 2.34. The highest BCUT2D eigenvalue weighted by Gasteiger charge is 2.37. The molecule has 2 amide bonds. The van der Waals surface area contributed by atoms with Crippen LogP contribution in [-0.4, -0.2) is 76.3 Å². The normalized spacial score (nSPS) is 19.3. The lowest BCUT2D eigenvalue weighted by atomic mass is 10.0. The number of amides is 2. The summed E-state index contributed by atoms with van der Waals surface area (Å²) < 4.78 is 11.6. The van der Waals surface area contributed by atoms with Crippen molar-refractivity contribution in [1.29, 1.82) is 0 Å². The van der Waals surface area contributed by atoms with E-state index in [1.807, 2.05) is 6.07 Å². The number of carbonyl (C=O) groups excluding carboxylic acids is 3. The van der Waals surface area contributed by atoms with Gasteiger partial charge in [-0.3, -0.25) is 24.2 Å². The molecule has 2 fully saturated rings. The number of piperazine rings is 1. The predicted molar refractivity (Wildman–Crippen MR) is 160 cm³/mol. The van der Waals surface area contributed by atoms with Crippen LogP contribution in [0.4, 0.5) is 0 Å².